The Hall–Kier alpha value is -4.27. The van der Waals surface area contributed by atoms with E-state index in [-0.39, 0.29) is 23.0 Å². The van der Waals surface area contributed by atoms with Crippen molar-refractivity contribution in [3.63, 3.8) is 0 Å². The van der Waals surface area contributed by atoms with Gasteiger partial charge in [-0.2, -0.15) is 0 Å². The van der Waals surface area contributed by atoms with Crippen LogP contribution in [0.3, 0.4) is 0 Å². The van der Waals surface area contributed by atoms with Crippen molar-refractivity contribution in [2.45, 2.75) is 13.8 Å². The number of hydrogen-bond acceptors (Lipinski definition) is 7. The van der Waals surface area contributed by atoms with Crippen molar-refractivity contribution in [3.05, 3.63) is 66.4 Å². The number of hydrogen-bond donors (Lipinski definition) is 0. The van der Waals surface area contributed by atoms with Crippen molar-refractivity contribution in [1.29, 1.82) is 0 Å². The molecule has 0 saturated heterocycles. The number of aromatic nitrogens is 3. The normalized spacial score (nSPS) is 10.7. The van der Waals surface area contributed by atoms with Gasteiger partial charge in [0.25, 0.3) is 0 Å². The third-order valence-electron chi connectivity index (χ3n) is 5.03. The fourth-order valence-corrected chi connectivity index (χ4v) is 3.58. The molecule has 1 amide bonds. The summed E-state index contributed by atoms with van der Waals surface area (Å²) in [6.07, 6.45) is 2.90. The summed E-state index contributed by atoms with van der Waals surface area (Å²) < 4.78 is 31.4. The molecule has 2 heterocycles. The molecule has 2 aromatic heterocycles. The maximum atomic E-state index is 14.8. The number of rotatable bonds is 6. The van der Waals surface area contributed by atoms with E-state index in [9.17, 15) is 9.18 Å². The Kier molecular flexibility index (Phi) is 6.03. The highest BCUT2D eigenvalue weighted by atomic mass is 19.1. The van der Waals surface area contributed by atoms with E-state index in [4.69, 9.17) is 14.0 Å². The first kappa shape index (κ1) is 21.9. The summed E-state index contributed by atoms with van der Waals surface area (Å²) in [4.78, 5) is 22.5. The Morgan fingerprint density at radius 3 is 2.61 bits per heavy atom. The van der Waals surface area contributed by atoms with E-state index in [0.717, 1.165) is 5.56 Å². The van der Waals surface area contributed by atoms with Crippen LogP contribution >= 0.6 is 0 Å². The molecule has 0 saturated carbocycles. The highest BCUT2D eigenvalue weighted by Gasteiger charge is 2.31. The Labute approximate surface area is 189 Å². The largest absolute Gasteiger partial charge is 0.493 e. The number of aryl methyl sites for hydroxylation is 1. The lowest BCUT2D eigenvalue weighted by Crippen LogP contribution is -2.23. The second-order valence-corrected chi connectivity index (χ2v) is 7.16. The third kappa shape index (κ3) is 4.00. The highest BCUT2D eigenvalue weighted by Crippen LogP contribution is 2.46. The Bertz CT molecular complexity index is 1310. The number of amides is 1. The third-order valence-corrected chi connectivity index (χ3v) is 5.03. The second-order valence-electron chi connectivity index (χ2n) is 7.16. The molecule has 0 spiro atoms. The van der Waals surface area contributed by atoms with E-state index in [0.29, 0.717) is 28.4 Å². The van der Waals surface area contributed by atoms with Crippen LogP contribution in [0.4, 0.5) is 16.0 Å². The summed E-state index contributed by atoms with van der Waals surface area (Å²) in [5, 5.41) is 4.15. The van der Waals surface area contributed by atoms with Gasteiger partial charge >= 0.3 is 0 Å². The van der Waals surface area contributed by atoms with Crippen LogP contribution in [0.15, 0.2) is 59.5 Å². The van der Waals surface area contributed by atoms with Crippen molar-refractivity contribution in [2.75, 3.05) is 19.1 Å². The molecular formula is C24H21FN4O4. The first-order valence-corrected chi connectivity index (χ1v) is 10.0. The maximum Gasteiger partial charge on any atom is 0.248 e. The molecule has 0 N–H and O–H groups in total. The van der Waals surface area contributed by atoms with E-state index in [2.05, 4.69) is 15.1 Å². The number of halogens is 1. The van der Waals surface area contributed by atoms with Gasteiger partial charge in [-0.1, -0.05) is 22.9 Å². The molecule has 9 heteroatoms. The van der Waals surface area contributed by atoms with Gasteiger partial charge in [0.15, 0.2) is 11.5 Å². The van der Waals surface area contributed by atoms with E-state index < -0.39 is 5.82 Å². The summed E-state index contributed by atoms with van der Waals surface area (Å²) in [5.74, 6) is -0.0603. The van der Waals surface area contributed by atoms with Crippen molar-refractivity contribution >= 4 is 17.5 Å². The van der Waals surface area contributed by atoms with Gasteiger partial charge in [0, 0.05) is 18.7 Å². The first-order chi connectivity index (χ1) is 16.0. The average Bonchev–Trinajstić information content (AvgIpc) is 3.25. The number of anilines is 2. The minimum Gasteiger partial charge on any atom is -0.493 e. The summed E-state index contributed by atoms with van der Waals surface area (Å²) in [6, 6.07) is 11.4. The minimum absolute atomic E-state index is 0.0589. The van der Waals surface area contributed by atoms with E-state index in [1.807, 2.05) is 6.92 Å². The lowest BCUT2D eigenvalue weighted by Gasteiger charge is -2.22. The SMILES string of the molecule is COc1cccc(N(C(C)=O)c2onc(-c3cc(C)ccc3F)c2-c2ccncn2)c1OC. The van der Waals surface area contributed by atoms with Crippen molar-refractivity contribution in [1.82, 2.24) is 15.1 Å². The molecule has 4 aromatic rings. The van der Waals surface area contributed by atoms with Gasteiger partial charge in [0.2, 0.25) is 11.8 Å². The van der Waals surface area contributed by atoms with Gasteiger partial charge in [-0.25, -0.2) is 19.3 Å². The molecule has 2 aromatic carbocycles. The number of ether oxygens (including phenoxy) is 2. The minimum atomic E-state index is -0.482. The van der Waals surface area contributed by atoms with E-state index in [1.165, 1.54) is 38.4 Å². The predicted octanol–water partition coefficient (Wildman–Crippen LogP) is 4.95. The fraction of sp³-hybridized carbons (Fsp3) is 0.167. The van der Waals surface area contributed by atoms with Crippen molar-refractivity contribution < 1.29 is 23.2 Å². The molecule has 4 rings (SSSR count). The first-order valence-electron chi connectivity index (χ1n) is 10.0. The van der Waals surface area contributed by atoms with Gasteiger partial charge in [0.1, 0.15) is 17.8 Å². The predicted molar refractivity (Wildman–Crippen MR) is 120 cm³/mol. The van der Waals surface area contributed by atoms with Crippen molar-refractivity contribution in [2.24, 2.45) is 0 Å². The number of methoxy groups -OCH3 is 2. The molecule has 33 heavy (non-hydrogen) atoms. The molecule has 0 fully saturated rings. The molecule has 0 aliphatic heterocycles. The van der Waals surface area contributed by atoms with Crippen LogP contribution in [0, 0.1) is 12.7 Å². The van der Waals surface area contributed by atoms with Gasteiger partial charge < -0.3 is 14.0 Å². The van der Waals surface area contributed by atoms with Crippen LogP contribution in [0.1, 0.15) is 12.5 Å². The fourth-order valence-electron chi connectivity index (χ4n) is 3.58. The zero-order valence-electron chi connectivity index (χ0n) is 18.5. The van der Waals surface area contributed by atoms with Gasteiger partial charge in [-0.15, -0.1) is 0 Å². The van der Waals surface area contributed by atoms with Gasteiger partial charge in [-0.05, 0) is 37.3 Å². The molecule has 0 bridgehead atoms. The molecule has 0 atom stereocenters. The number of para-hydroxylation sites is 1. The monoisotopic (exact) mass is 448 g/mol. The van der Waals surface area contributed by atoms with Crippen LogP contribution in [-0.2, 0) is 4.79 Å². The van der Waals surface area contributed by atoms with Crippen LogP contribution in [0.2, 0.25) is 0 Å². The highest BCUT2D eigenvalue weighted by molar-refractivity contribution is 6.04. The number of nitrogens with zero attached hydrogens (tertiary/aromatic N) is 4. The number of benzene rings is 2. The van der Waals surface area contributed by atoms with Crippen LogP contribution < -0.4 is 14.4 Å². The zero-order chi connectivity index (χ0) is 23.5. The standard InChI is InChI=1S/C24H21FN4O4/c1-14-8-9-17(25)16(12-14)22-21(18-10-11-26-13-27-18)24(33-28-22)29(15(2)30)19-6-5-7-20(31-3)23(19)32-4/h5-13H,1-4H3. The molecule has 8 nitrogen and oxygen atoms in total. The number of carbonyl (C=O) groups is 1. The maximum absolute atomic E-state index is 14.8. The van der Waals surface area contributed by atoms with E-state index in [1.54, 1.807) is 42.6 Å². The quantitative estimate of drug-likeness (QED) is 0.412. The molecule has 0 aliphatic rings. The molecule has 0 unspecified atom stereocenters. The summed E-state index contributed by atoms with van der Waals surface area (Å²) in [5.41, 5.74) is 2.37. The molecule has 0 aliphatic carbocycles. The Balaban J connectivity index is 2.02. The van der Waals surface area contributed by atoms with Crippen molar-refractivity contribution in [3.8, 4) is 34.0 Å². The lowest BCUT2D eigenvalue weighted by atomic mass is 10.0. The second kappa shape index (κ2) is 9.07. The lowest BCUT2D eigenvalue weighted by molar-refractivity contribution is -0.116. The number of carbonyl (C=O) groups excluding carboxylic acids is 1. The van der Waals surface area contributed by atoms with Crippen LogP contribution in [0.5, 0.6) is 11.5 Å². The smallest absolute Gasteiger partial charge is 0.248 e. The average molecular weight is 448 g/mol. The van der Waals surface area contributed by atoms with Crippen LogP contribution in [0.25, 0.3) is 22.5 Å². The summed E-state index contributed by atoms with van der Waals surface area (Å²) in [7, 11) is 2.97. The topological polar surface area (TPSA) is 90.6 Å². The zero-order valence-corrected chi connectivity index (χ0v) is 18.5. The summed E-state index contributed by atoms with van der Waals surface area (Å²) in [6.45, 7) is 3.22. The summed E-state index contributed by atoms with van der Waals surface area (Å²) >= 11 is 0. The van der Waals surface area contributed by atoms with E-state index >= 15 is 0 Å². The Morgan fingerprint density at radius 2 is 1.94 bits per heavy atom. The molecular weight excluding hydrogens is 427 g/mol. The van der Waals surface area contributed by atoms with Gasteiger partial charge in [-0.3, -0.25) is 4.79 Å². The molecule has 168 valence electrons. The van der Waals surface area contributed by atoms with Crippen LogP contribution in [-0.4, -0.2) is 35.3 Å². The molecule has 0 radical (unpaired) electrons. The van der Waals surface area contributed by atoms with Gasteiger partial charge in [0.05, 0.1) is 31.2 Å². The Morgan fingerprint density at radius 1 is 1.12 bits per heavy atom.